The van der Waals surface area contributed by atoms with Crippen LogP contribution in [0.1, 0.15) is 11.9 Å². The second-order valence-corrected chi connectivity index (χ2v) is 2.67. The molecule has 0 aromatic carbocycles. The number of nitrogens with zero attached hydrogens (tertiary/aromatic N) is 1. The van der Waals surface area contributed by atoms with Crippen LogP contribution < -0.4 is 4.73 Å². The van der Waals surface area contributed by atoms with E-state index in [9.17, 15) is 4.39 Å². The lowest BCUT2D eigenvalue weighted by molar-refractivity contribution is -0.924. The van der Waals surface area contributed by atoms with Crippen LogP contribution in [0.2, 0.25) is 0 Å². The first kappa shape index (κ1) is 8.40. The molecule has 1 aromatic heterocycles. The molecule has 1 saturated heterocycles. The molecule has 13 heavy (non-hydrogen) atoms. The van der Waals surface area contributed by atoms with E-state index in [1.165, 1.54) is 18.3 Å². The fourth-order valence-corrected chi connectivity index (χ4v) is 1.21. The highest BCUT2D eigenvalue weighted by molar-refractivity contribution is 5.09. The molecule has 0 bridgehead atoms. The SMILES string of the molecule is O[n+]1cccc(C2OCCO2)c1F. The summed E-state index contributed by atoms with van der Waals surface area (Å²) in [4.78, 5) is 0. The molecule has 70 valence electrons. The number of pyridine rings is 1. The minimum absolute atomic E-state index is 0.211. The maximum Gasteiger partial charge on any atom is 0.416 e. The largest absolute Gasteiger partial charge is 0.416 e. The summed E-state index contributed by atoms with van der Waals surface area (Å²) in [7, 11) is 0. The summed E-state index contributed by atoms with van der Waals surface area (Å²) in [6, 6.07) is 3.03. The Labute approximate surface area is 74.1 Å². The zero-order valence-corrected chi connectivity index (χ0v) is 6.81. The molecule has 0 spiro atoms. The minimum atomic E-state index is -0.755. The average molecular weight is 186 g/mol. The van der Waals surface area contributed by atoms with Crippen molar-refractivity contribution < 1.29 is 23.8 Å². The highest BCUT2D eigenvalue weighted by atomic mass is 19.1. The van der Waals surface area contributed by atoms with Crippen molar-refractivity contribution in [3.63, 3.8) is 0 Å². The number of aromatic nitrogens is 1. The van der Waals surface area contributed by atoms with E-state index in [1.54, 1.807) is 0 Å². The van der Waals surface area contributed by atoms with E-state index in [-0.39, 0.29) is 5.56 Å². The van der Waals surface area contributed by atoms with Crippen LogP contribution in [0.15, 0.2) is 18.3 Å². The van der Waals surface area contributed by atoms with Gasteiger partial charge in [0.1, 0.15) is 5.56 Å². The highest BCUT2D eigenvalue weighted by Crippen LogP contribution is 2.23. The van der Waals surface area contributed by atoms with E-state index >= 15 is 0 Å². The van der Waals surface area contributed by atoms with Gasteiger partial charge >= 0.3 is 5.95 Å². The fourth-order valence-electron chi connectivity index (χ4n) is 1.21. The zero-order valence-electron chi connectivity index (χ0n) is 6.81. The van der Waals surface area contributed by atoms with Gasteiger partial charge in [0.25, 0.3) is 0 Å². The molecule has 2 rings (SSSR count). The molecule has 5 heteroatoms. The van der Waals surface area contributed by atoms with Crippen molar-refractivity contribution in [1.82, 2.24) is 0 Å². The second-order valence-electron chi connectivity index (χ2n) is 2.67. The van der Waals surface area contributed by atoms with Gasteiger partial charge in [0.15, 0.2) is 6.29 Å². The third kappa shape index (κ3) is 1.48. The molecular weight excluding hydrogens is 177 g/mol. The van der Waals surface area contributed by atoms with Crippen LogP contribution in [-0.2, 0) is 9.47 Å². The van der Waals surface area contributed by atoms with Gasteiger partial charge in [-0.05, 0) is 6.07 Å². The molecule has 1 N–H and O–H groups in total. The molecule has 1 aliphatic heterocycles. The summed E-state index contributed by atoms with van der Waals surface area (Å²) in [5, 5.41) is 8.99. The number of hydrogen-bond donors (Lipinski definition) is 1. The minimum Gasteiger partial charge on any atom is -0.346 e. The number of halogens is 1. The molecule has 0 amide bonds. The van der Waals surface area contributed by atoms with E-state index in [0.29, 0.717) is 17.9 Å². The molecule has 1 aromatic rings. The Kier molecular flexibility index (Phi) is 2.12. The molecule has 0 aliphatic carbocycles. The van der Waals surface area contributed by atoms with Crippen molar-refractivity contribution >= 4 is 0 Å². The van der Waals surface area contributed by atoms with Crippen molar-refractivity contribution in [2.45, 2.75) is 6.29 Å². The third-order valence-corrected chi connectivity index (χ3v) is 1.82. The second kappa shape index (κ2) is 3.27. The Balaban J connectivity index is 2.33. The predicted octanol–water partition coefficient (Wildman–Crippen LogP) is 0.396. The number of rotatable bonds is 1. The maximum absolute atomic E-state index is 13.2. The first-order valence-electron chi connectivity index (χ1n) is 3.91. The Morgan fingerprint density at radius 1 is 1.46 bits per heavy atom. The van der Waals surface area contributed by atoms with E-state index in [4.69, 9.17) is 14.7 Å². The molecule has 1 fully saturated rings. The van der Waals surface area contributed by atoms with E-state index in [1.807, 2.05) is 0 Å². The zero-order chi connectivity index (χ0) is 9.26. The Bertz CT molecular complexity index is 312. The van der Waals surface area contributed by atoms with E-state index in [0.717, 1.165) is 0 Å². The van der Waals surface area contributed by atoms with Gasteiger partial charge in [-0.1, -0.05) is 0 Å². The van der Waals surface area contributed by atoms with Crippen molar-refractivity contribution in [3.8, 4) is 0 Å². The van der Waals surface area contributed by atoms with Crippen LogP contribution in [0.4, 0.5) is 4.39 Å². The normalized spacial score (nSPS) is 17.9. The topological polar surface area (TPSA) is 42.6 Å². The summed E-state index contributed by atoms with van der Waals surface area (Å²) in [5.74, 6) is -0.755. The van der Waals surface area contributed by atoms with Crippen molar-refractivity contribution in [3.05, 3.63) is 29.8 Å². The van der Waals surface area contributed by atoms with Crippen LogP contribution in [-0.4, -0.2) is 18.4 Å². The maximum atomic E-state index is 13.2. The van der Waals surface area contributed by atoms with Crippen LogP contribution in [0.5, 0.6) is 0 Å². The van der Waals surface area contributed by atoms with Gasteiger partial charge in [0, 0.05) is 10.8 Å². The number of ether oxygens (including phenoxy) is 2. The van der Waals surface area contributed by atoms with Crippen molar-refractivity contribution in [1.29, 1.82) is 0 Å². The van der Waals surface area contributed by atoms with E-state index < -0.39 is 12.2 Å². The molecule has 2 heterocycles. The molecule has 4 nitrogen and oxygen atoms in total. The van der Waals surface area contributed by atoms with Crippen LogP contribution in [0.3, 0.4) is 0 Å². The monoisotopic (exact) mass is 186 g/mol. The average Bonchev–Trinajstić information content (AvgIpc) is 2.62. The first-order valence-corrected chi connectivity index (χ1v) is 3.91. The standard InChI is InChI=1S/C8H9FNO3/c9-7-6(2-1-3-10(7)11)8-12-4-5-13-8/h1-3,8,11H,4-5H2/q+1. The Hall–Kier alpha value is -1.20. The summed E-state index contributed by atoms with van der Waals surface area (Å²) >= 11 is 0. The fraction of sp³-hybridized carbons (Fsp3) is 0.375. The quantitative estimate of drug-likeness (QED) is 0.392. The van der Waals surface area contributed by atoms with Gasteiger partial charge < -0.3 is 9.47 Å². The van der Waals surface area contributed by atoms with Gasteiger partial charge in [-0.3, -0.25) is 5.21 Å². The Morgan fingerprint density at radius 3 is 2.85 bits per heavy atom. The van der Waals surface area contributed by atoms with Crippen LogP contribution >= 0.6 is 0 Å². The highest BCUT2D eigenvalue weighted by Gasteiger charge is 2.27. The molecule has 1 aliphatic rings. The molecule has 0 atom stereocenters. The smallest absolute Gasteiger partial charge is 0.346 e. The lowest BCUT2D eigenvalue weighted by Gasteiger charge is -2.06. The van der Waals surface area contributed by atoms with Crippen LogP contribution in [0.25, 0.3) is 0 Å². The summed E-state index contributed by atoms with van der Waals surface area (Å²) in [6.45, 7) is 0.898. The molecular formula is C8H9FNO3+. The van der Waals surface area contributed by atoms with Gasteiger partial charge in [0.05, 0.1) is 13.2 Å². The summed E-state index contributed by atoms with van der Waals surface area (Å²) in [6.07, 6.45) is 0.507. The van der Waals surface area contributed by atoms with Crippen LogP contribution in [0, 0.1) is 5.95 Å². The molecule has 0 radical (unpaired) electrons. The van der Waals surface area contributed by atoms with Crippen molar-refractivity contribution in [2.75, 3.05) is 13.2 Å². The van der Waals surface area contributed by atoms with Crippen molar-refractivity contribution in [2.24, 2.45) is 0 Å². The van der Waals surface area contributed by atoms with Gasteiger partial charge in [-0.25, -0.2) is 0 Å². The predicted molar refractivity (Wildman–Crippen MR) is 38.4 cm³/mol. The summed E-state index contributed by atoms with van der Waals surface area (Å²) < 4.78 is 23.8. The molecule has 0 unspecified atom stereocenters. The Morgan fingerprint density at radius 2 is 2.15 bits per heavy atom. The summed E-state index contributed by atoms with van der Waals surface area (Å²) in [5.41, 5.74) is 0.211. The lowest BCUT2D eigenvalue weighted by atomic mass is 10.3. The first-order chi connectivity index (χ1) is 6.29. The van der Waals surface area contributed by atoms with E-state index in [2.05, 4.69) is 0 Å². The van der Waals surface area contributed by atoms with Gasteiger partial charge in [-0.2, -0.15) is 0 Å². The van der Waals surface area contributed by atoms with Gasteiger partial charge in [-0.15, -0.1) is 4.39 Å². The van der Waals surface area contributed by atoms with Gasteiger partial charge in [0.2, 0.25) is 6.20 Å². The number of hydrogen-bond acceptors (Lipinski definition) is 3. The molecule has 0 saturated carbocycles. The lowest BCUT2D eigenvalue weighted by Crippen LogP contribution is -2.35. The third-order valence-electron chi connectivity index (χ3n) is 1.82.